The molecule has 1 amide bonds. The molecule has 0 aliphatic carbocycles. The number of nitrogens with zero attached hydrogens (tertiary/aromatic N) is 3. The number of halogens is 2. The predicted molar refractivity (Wildman–Crippen MR) is 139 cm³/mol. The van der Waals surface area contributed by atoms with Gasteiger partial charge in [0.1, 0.15) is 11.4 Å². The molecule has 186 valence electrons. The third kappa shape index (κ3) is 4.45. The summed E-state index contributed by atoms with van der Waals surface area (Å²) < 4.78 is 18.8. The minimum absolute atomic E-state index is 0.170. The molecule has 0 radical (unpaired) electrons. The van der Waals surface area contributed by atoms with Crippen LogP contribution in [0.5, 0.6) is 17.2 Å². The third-order valence-corrected chi connectivity index (χ3v) is 6.87. The minimum Gasteiger partial charge on any atom is -0.493 e. The summed E-state index contributed by atoms with van der Waals surface area (Å²) in [5.74, 6) is 1.43. The van der Waals surface area contributed by atoms with E-state index in [1.165, 1.54) is 0 Å². The first-order valence-electron chi connectivity index (χ1n) is 11.5. The van der Waals surface area contributed by atoms with Crippen molar-refractivity contribution < 1.29 is 19.0 Å². The van der Waals surface area contributed by atoms with Gasteiger partial charge in [0.05, 0.1) is 36.7 Å². The van der Waals surface area contributed by atoms with Gasteiger partial charge < -0.3 is 23.5 Å². The number of benzene rings is 2. The maximum atomic E-state index is 13.6. The molecule has 1 aliphatic heterocycles. The Balaban J connectivity index is 1.55. The molecule has 0 fully saturated rings. The lowest BCUT2D eigenvalue weighted by Gasteiger charge is -2.36. The lowest BCUT2D eigenvalue weighted by molar-refractivity contribution is -0.135. The van der Waals surface area contributed by atoms with Crippen LogP contribution >= 0.6 is 23.2 Å². The average Bonchev–Trinajstić information content (AvgIpc) is 3.24. The number of methoxy groups -OCH3 is 2. The summed E-state index contributed by atoms with van der Waals surface area (Å²) >= 11 is 12.2. The molecule has 7 nitrogen and oxygen atoms in total. The van der Waals surface area contributed by atoms with Crippen molar-refractivity contribution in [1.82, 2.24) is 14.3 Å². The molecule has 3 heterocycles. The number of amides is 1. The summed E-state index contributed by atoms with van der Waals surface area (Å²) in [5.41, 5.74) is 4.76. The van der Waals surface area contributed by atoms with Crippen LogP contribution in [-0.4, -0.2) is 47.6 Å². The molecular formula is C27H25Cl2N3O4. The van der Waals surface area contributed by atoms with E-state index in [1.54, 1.807) is 32.4 Å². The first kappa shape index (κ1) is 24.3. The maximum absolute atomic E-state index is 13.6. The van der Waals surface area contributed by atoms with Gasteiger partial charge in [0.2, 0.25) is 0 Å². The molecule has 1 unspecified atom stereocenters. The molecule has 0 N–H and O–H groups in total. The number of hydrogen-bond acceptors (Lipinski definition) is 5. The topological polar surface area (TPSA) is 65.3 Å². The summed E-state index contributed by atoms with van der Waals surface area (Å²) in [6, 6.07) is 14.3. The van der Waals surface area contributed by atoms with Crippen LogP contribution in [0, 0.1) is 6.92 Å². The number of hydrogen-bond donors (Lipinski definition) is 0. The Bertz CT molecular complexity index is 1450. The monoisotopic (exact) mass is 525 g/mol. The fourth-order valence-electron chi connectivity index (χ4n) is 4.63. The van der Waals surface area contributed by atoms with E-state index in [0.29, 0.717) is 40.3 Å². The number of imidazole rings is 1. The average molecular weight is 526 g/mol. The van der Waals surface area contributed by atoms with E-state index in [0.717, 1.165) is 28.2 Å². The Morgan fingerprint density at radius 2 is 1.81 bits per heavy atom. The number of ether oxygens (including phenoxy) is 3. The van der Waals surface area contributed by atoms with Gasteiger partial charge in [0.15, 0.2) is 18.1 Å². The second-order valence-electron chi connectivity index (χ2n) is 8.59. The second kappa shape index (κ2) is 9.91. The fraction of sp³-hybridized carbons (Fsp3) is 0.259. The SMILES string of the molecule is COc1ccc(C2c3c(nc4cc(C)ccn34)CCN2C(=O)COc2ccc(Cl)cc2Cl)cc1OC. The molecule has 0 saturated heterocycles. The van der Waals surface area contributed by atoms with Crippen LogP contribution in [0.25, 0.3) is 5.65 Å². The van der Waals surface area contributed by atoms with Gasteiger partial charge in [-0.25, -0.2) is 4.98 Å². The Morgan fingerprint density at radius 1 is 1.03 bits per heavy atom. The number of pyridine rings is 1. The summed E-state index contributed by atoms with van der Waals surface area (Å²) in [4.78, 5) is 20.3. The second-order valence-corrected chi connectivity index (χ2v) is 9.44. The maximum Gasteiger partial charge on any atom is 0.261 e. The number of carbonyl (C=O) groups is 1. The van der Waals surface area contributed by atoms with Crippen molar-refractivity contribution in [2.45, 2.75) is 19.4 Å². The van der Waals surface area contributed by atoms with Crippen molar-refractivity contribution in [2.24, 2.45) is 0 Å². The fourth-order valence-corrected chi connectivity index (χ4v) is 5.10. The standard InChI is InChI=1S/C27H25Cl2N3O4/c1-16-8-10-31-24(12-16)30-20-9-11-32(25(33)15-36-21-7-5-18(28)14-19(21)29)26(27(20)31)17-4-6-22(34-2)23(13-17)35-3/h4-8,10,12-14,26H,9,11,15H2,1-3H3. The summed E-state index contributed by atoms with van der Waals surface area (Å²) in [6.07, 6.45) is 2.63. The largest absolute Gasteiger partial charge is 0.493 e. The molecule has 0 bridgehead atoms. The molecule has 0 spiro atoms. The third-order valence-electron chi connectivity index (χ3n) is 6.34. The number of fused-ring (bicyclic) bond motifs is 3. The van der Waals surface area contributed by atoms with Gasteiger partial charge in [0, 0.05) is 24.2 Å². The van der Waals surface area contributed by atoms with Crippen molar-refractivity contribution in [2.75, 3.05) is 27.4 Å². The molecule has 9 heteroatoms. The van der Waals surface area contributed by atoms with Crippen molar-refractivity contribution in [3.8, 4) is 17.2 Å². The van der Waals surface area contributed by atoms with Crippen molar-refractivity contribution in [1.29, 1.82) is 0 Å². The normalized spacial score (nSPS) is 15.0. The van der Waals surface area contributed by atoms with Crippen LogP contribution in [0.3, 0.4) is 0 Å². The molecule has 0 saturated carbocycles. The van der Waals surface area contributed by atoms with Crippen molar-refractivity contribution in [3.05, 3.63) is 87.3 Å². The van der Waals surface area contributed by atoms with Gasteiger partial charge in [-0.3, -0.25) is 4.79 Å². The molecule has 2 aromatic carbocycles. The molecule has 36 heavy (non-hydrogen) atoms. The molecule has 5 rings (SSSR count). The van der Waals surface area contributed by atoms with Crippen LogP contribution in [0.1, 0.15) is 28.6 Å². The highest BCUT2D eigenvalue weighted by molar-refractivity contribution is 6.35. The van der Waals surface area contributed by atoms with Crippen molar-refractivity contribution >= 4 is 34.8 Å². The van der Waals surface area contributed by atoms with E-state index >= 15 is 0 Å². The summed E-state index contributed by atoms with van der Waals surface area (Å²) in [5, 5.41) is 0.850. The van der Waals surface area contributed by atoms with Crippen LogP contribution in [0.4, 0.5) is 0 Å². The van der Waals surface area contributed by atoms with Gasteiger partial charge in [-0.2, -0.15) is 0 Å². The minimum atomic E-state index is -0.400. The van der Waals surface area contributed by atoms with Gasteiger partial charge >= 0.3 is 0 Å². The molecule has 1 aliphatic rings. The van der Waals surface area contributed by atoms with E-state index in [1.807, 2.05) is 48.4 Å². The highest BCUT2D eigenvalue weighted by atomic mass is 35.5. The van der Waals surface area contributed by atoms with Gasteiger partial charge in [-0.1, -0.05) is 29.3 Å². The van der Waals surface area contributed by atoms with Crippen LogP contribution in [-0.2, 0) is 11.2 Å². The quantitative estimate of drug-likeness (QED) is 0.331. The summed E-state index contributed by atoms with van der Waals surface area (Å²) in [7, 11) is 3.19. The van der Waals surface area contributed by atoms with Gasteiger partial charge in [0.25, 0.3) is 5.91 Å². The molecular weight excluding hydrogens is 501 g/mol. The highest BCUT2D eigenvalue weighted by Gasteiger charge is 2.36. The smallest absolute Gasteiger partial charge is 0.261 e. The van der Waals surface area contributed by atoms with Gasteiger partial charge in [-0.15, -0.1) is 0 Å². The number of carbonyl (C=O) groups excluding carboxylic acids is 1. The van der Waals surface area contributed by atoms with Crippen molar-refractivity contribution in [3.63, 3.8) is 0 Å². The lowest BCUT2D eigenvalue weighted by Crippen LogP contribution is -2.43. The highest BCUT2D eigenvalue weighted by Crippen LogP contribution is 2.39. The zero-order valence-corrected chi connectivity index (χ0v) is 21.6. The Kier molecular flexibility index (Phi) is 6.69. The predicted octanol–water partition coefficient (Wildman–Crippen LogP) is 5.52. The first-order valence-corrected chi connectivity index (χ1v) is 12.2. The number of rotatable bonds is 6. The van der Waals surface area contributed by atoms with E-state index in [-0.39, 0.29) is 12.5 Å². The van der Waals surface area contributed by atoms with Crippen LogP contribution in [0.2, 0.25) is 10.0 Å². The summed E-state index contributed by atoms with van der Waals surface area (Å²) in [6.45, 7) is 2.36. The first-order chi connectivity index (χ1) is 17.4. The Hall–Kier alpha value is -3.42. The van der Waals surface area contributed by atoms with Crippen LogP contribution in [0.15, 0.2) is 54.7 Å². The zero-order chi connectivity index (χ0) is 25.4. The Labute approximate surface area is 219 Å². The van der Waals surface area contributed by atoms with E-state index in [9.17, 15) is 4.79 Å². The van der Waals surface area contributed by atoms with Gasteiger partial charge in [-0.05, 0) is 60.5 Å². The zero-order valence-electron chi connectivity index (χ0n) is 20.1. The van der Waals surface area contributed by atoms with E-state index < -0.39 is 6.04 Å². The Morgan fingerprint density at radius 3 is 2.56 bits per heavy atom. The molecule has 4 aromatic rings. The van der Waals surface area contributed by atoms with E-state index in [2.05, 4.69) is 4.40 Å². The number of aromatic nitrogens is 2. The molecule has 2 aromatic heterocycles. The van der Waals surface area contributed by atoms with E-state index in [4.69, 9.17) is 42.4 Å². The lowest BCUT2D eigenvalue weighted by atomic mass is 9.95. The van der Waals surface area contributed by atoms with Crippen LogP contribution < -0.4 is 14.2 Å². The molecule has 1 atom stereocenters. The number of aryl methyl sites for hydroxylation is 1.